The number of nitrogens with zero attached hydrogens (tertiary/aromatic N) is 2. The molecule has 0 fully saturated rings. The van der Waals surface area contributed by atoms with E-state index in [1.165, 1.54) is 10.7 Å². The van der Waals surface area contributed by atoms with Crippen LogP contribution in [0.5, 0.6) is 5.75 Å². The van der Waals surface area contributed by atoms with Crippen LogP contribution in [0.3, 0.4) is 0 Å². The predicted molar refractivity (Wildman–Crippen MR) is 103 cm³/mol. The molecule has 1 heterocycles. The van der Waals surface area contributed by atoms with Crippen LogP contribution in [-0.2, 0) is 17.8 Å². The first kappa shape index (κ1) is 18.5. The van der Waals surface area contributed by atoms with E-state index in [1.54, 1.807) is 24.3 Å². The standard InChI is InChI=1S/C21H18ClFN2O3/c22-15-3-5-16(6-4-15)25-17(11-20(23)24-25)12-28-18-7-8-19-13(9-18)1-2-14(19)10-21(26)27/h3-9,11,14H,1-2,10,12H2,(H,26,27). The van der Waals surface area contributed by atoms with Gasteiger partial charge in [-0.15, -0.1) is 5.10 Å². The highest BCUT2D eigenvalue weighted by molar-refractivity contribution is 6.30. The summed E-state index contributed by atoms with van der Waals surface area (Å²) in [5.41, 5.74) is 3.45. The average Bonchev–Trinajstić information content (AvgIpc) is 3.23. The maximum atomic E-state index is 13.7. The zero-order valence-corrected chi connectivity index (χ0v) is 15.7. The quantitative estimate of drug-likeness (QED) is 0.648. The van der Waals surface area contributed by atoms with Crippen LogP contribution in [0.1, 0.15) is 35.6 Å². The van der Waals surface area contributed by atoms with Crippen molar-refractivity contribution in [1.29, 1.82) is 0 Å². The molecule has 4 rings (SSSR count). The van der Waals surface area contributed by atoms with Gasteiger partial charge in [0, 0.05) is 11.1 Å². The summed E-state index contributed by atoms with van der Waals surface area (Å²) in [6, 6.07) is 14.0. The van der Waals surface area contributed by atoms with Crippen molar-refractivity contribution in [2.45, 2.75) is 31.8 Å². The molecule has 1 aliphatic carbocycles. The molecule has 0 radical (unpaired) electrons. The van der Waals surface area contributed by atoms with Crippen molar-refractivity contribution in [1.82, 2.24) is 9.78 Å². The first-order valence-corrected chi connectivity index (χ1v) is 9.35. The summed E-state index contributed by atoms with van der Waals surface area (Å²) < 4.78 is 21.1. The van der Waals surface area contributed by atoms with E-state index in [0.29, 0.717) is 22.2 Å². The number of carbonyl (C=O) groups is 1. The molecule has 1 atom stereocenters. The summed E-state index contributed by atoms with van der Waals surface area (Å²) >= 11 is 5.91. The Morgan fingerprint density at radius 1 is 1.25 bits per heavy atom. The molecule has 0 aliphatic heterocycles. The Morgan fingerprint density at radius 3 is 2.79 bits per heavy atom. The Morgan fingerprint density at radius 2 is 2.04 bits per heavy atom. The smallest absolute Gasteiger partial charge is 0.303 e. The maximum absolute atomic E-state index is 13.7. The van der Waals surface area contributed by atoms with Crippen molar-refractivity contribution in [3.8, 4) is 11.4 Å². The third kappa shape index (κ3) is 3.87. The molecule has 1 aliphatic rings. The van der Waals surface area contributed by atoms with E-state index >= 15 is 0 Å². The van der Waals surface area contributed by atoms with E-state index < -0.39 is 11.9 Å². The lowest BCUT2D eigenvalue weighted by atomic mass is 9.98. The molecule has 2 aromatic carbocycles. The third-order valence-electron chi connectivity index (χ3n) is 4.95. The summed E-state index contributed by atoms with van der Waals surface area (Å²) in [6.07, 6.45) is 1.81. The van der Waals surface area contributed by atoms with E-state index in [0.717, 1.165) is 24.0 Å². The number of hydrogen-bond acceptors (Lipinski definition) is 3. The molecule has 1 N–H and O–H groups in total. The number of aromatic nitrogens is 2. The fourth-order valence-electron chi connectivity index (χ4n) is 3.65. The fourth-order valence-corrected chi connectivity index (χ4v) is 3.77. The number of halogens is 2. The van der Waals surface area contributed by atoms with Crippen molar-refractivity contribution < 1.29 is 19.0 Å². The number of carboxylic acid groups (broad SMARTS) is 1. The summed E-state index contributed by atoms with van der Waals surface area (Å²) in [7, 11) is 0. The van der Waals surface area contributed by atoms with Crippen LogP contribution >= 0.6 is 11.6 Å². The molecule has 0 bridgehead atoms. The number of hydrogen-bond donors (Lipinski definition) is 1. The van der Waals surface area contributed by atoms with Crippen LogP contribution in [-0.4, -0.2) is 20.9 Å². The van der Waals surface area contributed by atoms with Crippen molar-refractivity contribution in [2.24, 2.45) is 0 Å². The van der Waals surface area contributed by atoms with Crippen molar-refractivity contribution >= 4 is 17.6 Å². The van der Waals surface area contributed by atoms with Crippen LogP contribution < -0.4 is 4.74 Å². The van der Waals surface area contributed by atoms with Crippen molar-refractivity contribution in [2.75, 3.05) is 0 Å². The minimum absolute atomic E-state index is 0.0574. The van der Waals surface area contributed by atoms with Gasteiger partial charge in [0.2, 0.25) is 5.95 Å². The Bertz CT molecular complexity index is 1020. The molecule has 7 heteroatoms. The molecule has 144 valence electrons. The Labute approximate surface area is 166 Å². The summed E-state index contributed by atoms with van der Waals surface area (Å²) in [6.45, 7) is 0.150. The molecule has 3 aromatic rings. The van der Waals surface area contributed by atoms with E-state index in [9.17, 15) is 9.18 Å². The second-order valence-electron chi connectivity index (χ2n) is 6.83. The van der Waals surface area contributed by atoms with Gasteiger partial charge in [-0.1, -0.05) is 17.7 Å². The number of rotatable bonds is 6. The number of aryl methyl sites for hydroxylation is 1. The second kappa shape index (κ2) is 7.64. The number of carboxylic acids is 1. The molecule has 5 nitrogen and oxygen atoms in total. The SMILES string of the molecule is O=C(O)CC1CCc2cc(OCc3cc(F)nn3-c3ccc(Cl)cc3)ccc21. The summed E-state index contributed by atoms with van der Waals surface area (Å²) in [5.74, 6) is -0.643. The van der Waals surface area contributed by atoms with E-state index in [-0.39, 0.29) is 18.9 Å². The van der Waals surface area contributed by atoms with Crippen LogP contribution in [0, 0.1) is 5.95 Å². The Hall–Kier alpha value is -2.86. The molecule has 1 aromatic heterocycles. The van der Waals surface area contributed by atoms with Gasteiger partial charge in [0.15, 0.2) is 0 Å². The minimum atomic E-state index is -0.782. The first-order valence-electron chi connectivity index (χ1n) is 8.97. The lowest BCUT2D eigenvalue weighted by Gasteiger charge is -2.12. The van der Waals surface area contributed by atoms with Gasteiger partial charge in [0.25, 0.3) is 0 Å². The molecule has 28 heavy (non-hydrogen) atoms. The van der Waals surface area contributed by atoms with Gasteiger partial charge in [-0.25, -0.2) is 4.68 Å². The summed E-state index contributed by atoms with van der Waals surface area (Å²) in [4.78, 5) is 11.0. The molecule has 0 spiro atoms. The molecule has 1 unspecified atom stereocenters. The highest BCUT2D eigenvalue weighted by Crippen LogP contribution is 2.37. The zero-order valence-electron chi connectivity index (χ0n) is 14.9. The van der Waals surface area contributed by atoms with Crippen LogP contribution in [0.2, 0.25) is 5.02 Å². The van der Waals surface area contributed by atoms with Gasteiger partial charge in [0.05, 0.1) is 17.8 Å². The molecule has 0 amide bonds. The summed E-state index contributed by atoms with van der Waals surface area (Å²) in [5, 5.41) is 13.5. The largest absolute Gasteiger partial charge is 0.487 e. The normalized spacial score (nSPS) is 15.4. The number of fused-ring (bicyclic) bond motifs is 1. The number of aliphatic carboxylic acids is 1. The minimum Gasteiger partial charge on any atom is -0.487 e. The van der Waals surface area contributed by atoms with Gasteiger partial charge < -0.3 is 9.84 Å². The van der Waals surface area contributed by atoms with E-state index in [2.05, 4.69) is 5.10 Å². The Balaban J connectivity index is 1.50. The van der Waals surface area contributed by atoms with E-state index in [4.69, 9.17) is 21.4 Å². The second-order valence-corrected chi connectivity index (χ2v) is 7.27. The monoisotopic (exact) mass is 400 g/mol. The van der Waals surface area contributed by atoms with Gasteiger partial charge >= 0.3 is 5.97 Å². The van der Waals surface area contributed by atoms with Crippen molar-refractivity contribution in [3.05, 3.63) is 76.3 Å². The van der Waals surface area contributed by atoms with Crippen LogP contribution in [0.4, 0.5) is 4.39 Å². The lowest BCUT2D eigenvalue weighted by molar-refractivity contribution is -0.137. The van der Waals surface area contributed by atoms with Gasteiger partial charge in [0.1, 0.15) is 12.4 Å². The maximum Gasteiger partial charge on any atom is 0.303 e. The first-order chi connectivity index (χ1) is 13.5. The van der Waals surface area contributed by atoms with Gasteiger partial charge in [-0.3, -0.25) is 4.79 Å². The molecule has 0 saturated heterocycles. The predicted octanol–water partition coefficient (Wildman–Crippen LogP) is 4.75. The molecular formula is C21H18ClFN2O3. The average molecular weight is 401 g/mol. The fraction of sp³-hybridized carbons (Fsp3) is 0.238. The highest BCUT2D eigenvalue weighted by atomic mass is 35.5. The number of ether oxygens (including phenoxy) is 1. The van der Waals surface area contributed by atoms with Gasteiger partial charge in [-0.2, -0.15) is 4.39 Å². The zero-order chi connectivity index (χ0) is 19.7. The van der Waals surface area contributed by atoms with Crippen LogP contribution in [0.25, 0.3) is 5.69 Å². The number of benzene rings is 2. The molecule has 0 saturated carbocycles. The van der Waals surface area contributed by atoms with E-state index in [1.807, 2.05) is 18.2 Å². The lowest BCUT2D eigenvalue weighted by Crippen LogP contribution is -2.06. The molecular weight excluding hydrogens is 383 g/mol. The topological polar surface area (TPSA) is 64.3 Å². The Kier molecular flexibility index (Phi) is 5.05. The van der Waals surface area contributed by atoms with Gasteiger partial charge in [-0.05, 0) is 66.3 Å². The van der Waals surface area contributed by atoms with Crippen molar-refractivity contribution in [3.63, 3.8) is 0 Å². The third-order valence-corrected chi connectivity index (χ3v) is 5.20. The van der Waals surface area contributed by atoms with Crippen LogP contribution in [0.15, 0.2) is 48.5 Å². The highest BCUT2D eigenvalue weighted by Gasteiger charge is 2.25.